The average Bonchev–Trinajstić information content (AvgIpc) is 2.58. The first kappa shape index (κ1) is 18.6. The number of rotatable bonds is 6. The van der Waals surface area contributed by atoms with Crippen LogP contribution in [-0.2, 0) is 22.7 Å². The molecule has 0 radical (unpaired) electrons. The van der Waals surface area contributed by atoms with E-state index in [1.165, 1.54) is 6.07 Å². The van der Waals surface area contributed by atoms with E-state index >= 15 is 0 Å². The number of carbonyl (C=O) groups excluding carboxylic acids is 2. The molecule has 0 aliphatic rings. The summed E-state index contributed by atoms with van der Waals surface area (Å²) < 4.78 is 13.6. The summed E-state index contributed by atoms with van der Waals surface area (Å²) in [5.74, 6) is -1.21. The summed E-state index contributed by atoms with van der Waals surface area (Å²) in [4.78, 5) is 24.8. The van der Waals surface area contributed by atoms with E-state index in [0.29, 0.717) is 12.1 Å². The number of hydrogen-bond acceptors (Lipinski definition) is 2. The lowest BCUT2D eigenvalue weighted by atomic mass is 9.90. The Kier molecular flexibility index (Phi) is 5.91. The normalized spacial score (nSPS) is 11.0. The predicted molar refractivity (Wildman–Crippen MR) is 95.1 cm³/mol. The van der Waals surface area contributed by atoms with Crippen LogP contribution < -0.4 is 10.6 Å². The van der Waals surface area contributed by atoms with Crippen molar-refractivity contribution in [3.05, 3.63) is 71.0 Å². The quantitative estimate of drug-likeness (QED) is 0.793. The molecule has 25 heavy (non-hydrogen) atoms. The van der Waals surface area contributed by atoms with Gasteiger partial charge in [0.15, 0.2) is 0 Å². The fourth-order valence-electron chi connectivity index (χ4n) is 2.37. The van der Waals surface area contributed by atoms with E-state index in [1.807, 2.05) is 31.2 Å². The molecule has 5 heteroatoms. The van der Waals surface area contributed by atoms with Crippen LogP contribution in [-0.4, -0.2) is 11.8 Å². The standard InChI is InChI=1S/C20H23FN2O2/c1-14-7-6-8-15(11-14)12-22-18(24)20(2,3)19(25)23-13-16-9-4-5-10-17(16)21/h4-11H,12-13H2,1-3H3,(H,22,24)(H,23,25). The van der Waals surface area contributed by atoms with Gasteiger partial charge in [0.25, 0.3) is 0 Å². The van der Waals surface area contributed by atoms with Gasteiger partial charge in [-0.15, -0.1) is 0 Å². The van der Waals surface area contributed by atoms with Crippen LogP contribution >= 0.6 is 0 Å². The average molecular weight is 342 g/mol. The van der Waals surface area contributed by atoms with E-state index in [4.69, 9.17) is 0 Å². The maximum absolute atomic E-state index is 13.6. The van der Waals surface area contributed by atoms with Gasteiger partial charge in [0, 0.05) is 18.7 Å². The van der Waals surface area contributed by atoms with Crippen molar-refractivity contribution in [2.75, 3.05) is 0 Å². The molecule has 0 heterocycles. The van der Waals surface area contributed by atoms with Gasteiger partial charge in [-0.25, -0.2) is 4.39 Å². The van der Waals surface area contributed by atoms with Gasteiger partial charge < -0.3 is 10.6 Å². The van der Waals surface area contributed by atoms with Crippen LogP contribution in [0.4, 0.5) is 4.39 Å². The molecule has 0 aliphatic carbocycles. The minimum absolute atomic E-state index is 0.0418. The van der Waals surface area contributed by atoms with Crippen LogP contribution in [0, 0.1) is 18.2 Å². The molecule has 0 aliphatic heterocycles. The van der Waals surface area contributed by atoms with Crippen molar-refractivity contribution < 1.29 is 14.0 Å². The molecule has 0 unspecified atom stereocenters. The van der Waals surface area contributed by atoms with Crippen LogP contribution in [0.15, 0.2) is 48.5 Å². The largest absolute Gasteiger partial charge is 0.351 e. The van der Waals surface area contributed by atoms with Gasteiger partial charge in [-0.2, -0.15) is 0 Å². The molecular weight excluding hydrogens is 319 g/mol. The van der Waals surface area contributed by atoms with Crippen molar-refractivity contribution in [3.8, 4) is 0 Å². The Morgan fingerprint density at radius 3 is 2.24 bits per heavy atom. The Labute approximate surface area is 147 Å². The van der Waals surface area contributed by atoms with Gasteiger partial charge in [0.05, 0.1) is 0 Å². The van der Waals surface area contributed by atoms with Gasteiger partial charge in [-0.05, 0) is 32.4 Å². The van der Waals surface area contributed by atoms with E-state index < -0.39 is 11.3 Å². The van der Waals surface area contributed by atoms with Crippen molar-refractivity contribution in [2.45, 2.75) is 33.9 Å². The summed E-state index contributed by atoms with van der Waals surface area (Å²) in [7, 11) is 0. The molecule has 0 aromatic heterocycles. The third-order valence-electron chi connectivity index (χ3n) is 4.07. The van der Waals surface area contributed by atoms with Crippen LogP contribution in [0.5, 0.6) is 0 Å². The fraction of sp³-hybridized carbons (Fsp3) is 0.300. The third kappa shape index (κ3) is 4.89. The van der Waals surface area contributed by atoms with Crippen LogP contribution in [0.1, 0.15) is 30.5 Å². The van der Waals surface area contributed by atoms with Gasteiger partial charge in [0.1, 0.15) is 11.2 Å². The summed E-state index contributed by atoms with van der Waals surface area (Å²) in [5, 5.41) is 5.41. The second-order valence-electron chi connectivity index (χ2n) is 6.57. The Hall–Kier alpha value is -2.69. The first-order chi connectivity index (χ1) is 11.8. The van der Waals surface area contributed by atoms with Crippen LogP contribution in [0.3, 0.4) is 0 Å². The molecule has 0 saturated heterocycles. The summed E-state index contributed by atoms with van der Waals surface area (Å²) in [5.41, 5.74) is 1.20. The maximum atomic E-state index is 13.6. The molecule has 2 amide bonds. The van der Waals surface area contributed by atoms with Crippen molar-refractivity contribution in [1.82, 2.24) is 10.6 Å². The minimum atomic E-state index is -1.25. The molecule has 2 aromatic carbocycles. The van der Waals surface area contributed by atoms with E-state index in [-0.39, 0.29) is 18.3 Å². The Morgan fingerprint density at radius 1 is 0.960 bits per heavy atom. The number of carbonyl (C=O) groups is 2. The molecule has 0 atom stereocenters. The Morgan fingerprint density at radius 2 is 1.60 bits per heavy atom. The molecule has 2 rings (SSSR count). The van der Waals surface area contributed by atoms with E-state index in [0.717, 1.165) is 11.1 Å². The predicted octanol–water partition coefficient (Wildman–Crippen LogP) is 3.09. The molecule has 4 nitrogen and oxygen atoms in total. The molecule has 0 bridgehead atoms. The maximum Gasteiger partial charge on any atom is 0.235 e. The number of amides is 2. The van der Waals surface area contributed by atoms with Crippen molar-refractivity contribution in [2.24, 2.45) is 5.41 Å². The van der Waals surface area contributed by atoms with Gasteiger partial charge in [-0.1, -0.05) is 48.0 Å². The zero-order valence-corrected chi connectivity index (χ0v) is 14.7. The van der Waals surface area contributed by atoms with E-state index in [2.05, 4.69) is 10.6 Å². The SMILES string of the molecule is Cc1cccc(CNC(=O)C(C)(C)C(=O)NCc2ccccc2F)c1. The Balaban J connectivity index is 1.93. The second kappa shape index (κ2) is 7.92. The summed E-state index contributed by atoms with van der Waals surface area (Å²) in [6.07, 6.45) is 0. The lowest BCUT2D eigenvalue weighted by Crippen LogP contribution is -2.47. The number of aryl methyl sites for hydroxylation is 1. The summed E-state index contributed by atoms with van der Waals surface area (Å²) in [6, 6.07) is 14.0. The molecule has 0 fully saturated rings. The number of nitrogens with one attached hydrogen (secondary N) is 2. The second-order valence-corrected chi connectivity index (χ2v) is 6.57. The van der Waals surface area contributed by atoms with Gasteiger partial charge in [-0.3, -0.25) is 9.59 Å². The summed E-state index contributed by atoms with van der Waals surface area (Å²) in [6.45, 7) is 5.47. The van der Waals surface area contributed by atoms with Gasteiger partial charge >= 0.3 is 0 Å². The molecule has 0 saturated carbocycles. The topological polar surface area (TPSA) is 58.2 Å². The van der Waals surface area contributed by atoms with E-state index in [1.54, 1.807) is 32.0 Å². The first-order valence-electron chi connectivity index (χ1n) is 8.16. The highest BCUT2D eigenvalue weighted by Gasteiger charge is 2.35. The molecule has 0 spiro atoms. The highest BCUT2D eigenvalue weighted by atomic mass is 19.1. The fourth-order valence-corrected chi connectivity index (χ4v) is 2.37. The smallest absolute Gasteiger partial charge is 0.235 e. The lowest BCUT2D eigenvalue weighted by molar-refractivity contribution is -0.141. The van der Waals surface area contributed by atoms with Crippen molar-refractivity contribution >= 4 is 11.8 Å². The molecule has 2 N–H and O–H groups in total. The van der Waals surface area contributed by atoms with E-state index in [9.17, 15) is 14.0 Å². The third-order valence-corrected chi connectivity index (χ3v) is 4.07. The lowest BCUT2D eigenvalue weighted by Gasteiger charge is -2.23. The highest BCUT2D eigenvalue weighted by Crippen LogP contribution is 2.17. The zero-order valence-electron chi connectivity index (χ0n) is 14.7. The van der Waals surface area contributed by atoms with Gasteiger partial charge in [0.2, 0.25) is 11.8 Å². The number of halogens is 1. The van der Waals surface area contributed by atoms with Crippen LogP contribution in [0.2, 0.25) is 0 Å². The zero-order chi connectivity index (χ0) is 18.4. The van der Waals surface area contributed by atoms with Crippen molar-refractivity contribution in [3.63, 3.8) is 0 Å². The Bertz CT molecular complexity index is 772. The molecule has 132 valence electrons. The monoisotopic (exact) mass is 342 g/mol. The first-order valence-corrected chi connectivity index (χ1v) is 8.16. The number of hydrogen-bond donors (Lipinski definition) is 2. The molecule has 2 aromatic rings. The summed E-state index contributed by atoms with van der Waals surface area (Å²) >= 11 is 0. The minimum Gasteiger partial charge on any atom is -0.351 e. The van der Waals surface area contributed by atoms with Crippen LogP contribution in [0.25, 0.3) is 0 Å². The molecular formula is C20H23FN2O2. The highest BCUT2D eigenvalue weighted by molar-refractivity contribution is 6.04. The number of benzene rings is 2. The van der Waals surface area contributed by atoms with Crippen molar-refractivity contribution in [1.29, 1.82) is 0 Å².